The van der Waals surface area contributed by atoms with Crippen LogP contribution in [-0.2, 0) is 9.59 Å². The summed E-state index contributed by atoms with van der Waals surface area (Å²) in [5.41, 5.74) is 1.06. The molecule has 0 aromatic heterocycles. The summed E-state index contributed by atoms with van der Waals surface area (Å²) < 4.78 is 11.4. The van der Waals surface area contributed by atoms with Gasteiger partial charge >= 0.3 is 0 Å². The zero-order valence-electron chi connectivity index (χ0n) is 15.8. The summed E-state index contributed by atoms with van der Waals surface area (Å²) in [6, 6.07) is 17.0. The quantitative estimate of drug-likeness (QED) is 0.865. The van der Waals surface area contributed by atoms with E-state index in [1.54, 1.807) is 4.90 Å². The van der Waals surface area contributed by atoms with Crippen LogP contribution in [0.4, 0.5) is 0 Å². The van der Waals surface area contributed by atoms with Crippen LogP contribution in [0, 0.1) is 0 Å². The number of nitrogens with zero attached hydrogens (tertiary/aromatic N) is 1. The summed E-state index contributed by atoms with van der Waals surface area (Å²) >= 11 is 0. The number of carbonyl (C=O) groups is 2. The van der Waals surface area contributed by atoms with E-state index >= 15 is 0 Å². The molecule has 28 heavy (non-hydrogen) atoms. The molecule has 0 radical (unpaired) electrons. The Hall–Kier alpha value is -3.02. The van der Waals surface area contributed by atoms with Crippen molar-refractivity contribution in [2.75, 3.05) is 19.7 Å². The number of hydrogen-bond donors (Lipinski definition) is 1. The molecule has 6 nitrogen and oxygen atoms in total. The molecule has 2 aliphatic heterocycles. The van der Waals surface area contributed by atoms with Gasteiger partial charge in [0.1, 0.15) is 11.5 Å². The molecule has 0 aliphatic carbocycles. The number of fused-ring (bicyclic) bond motifs is 1. The van der Waals surface area contributed by atoms with E-state index in [1.165, 1.54) is 0 Å². The smallest absolute Gasteiger partial charge is 0.261 e. The minimum absolute atomic E-state index is 0.00274. The highest BCUT2D eigenvalue weighted by molar-refractivity contribution is 5.84. The molecule has 6 heteroatoms. The Morgan fingerprint density at radius 3 is 2.68 bits per heavy atom. The van der Waals surface area contributed by atoms with Crippen LogP contribution in [0.3, 0.4) is 0 Å². The van der Waals surface area contributed by atoms with Crippen molar-refractivity contribution in [3.63, 3.8) is 0 Å². The average Bonchev–Trinajstić information content (AvgIpc) is 3.32. The van der Waals surface area contributed by atoms with E-state index < -0.39 is 6.10 Å². The number of benzene rings is 2. The molecule has 3 atom stereocenters. The van der Waals surface area contributed by atoms with Gasteiger partial charge in [-0.1, -0.05) is 43.3 Å². The predicted molar refractivity (Wildman–Crippen MR) is 104 cm³/mol. The van der Waals surface area contributed by atoms with Crippen molar-refractivity contribution in [1.29, 1.82) is 0 Å². The van der Waals surface area contributed by atoms with Crippen molar-refractivity contribution in [3.8, 4) is 11.5 Å². The first kappa shape index (κ1) is 18.3. The summed E-state index contributed by atoms with van der Waals surface area (Å²) in [6.45, 7) is 3.12. The van der Waals surface area contributed by atoms with Crippen LogP contribution in [0.15, 0.2) is 54.6 Å². The molecule has 2 aliphatic rings. The van der Waals surface area contributed by atoms with Crippen LogP contribution >= 0.6 is 0 Å². The highest BCUT2D eigenvalue weighted by Crippen LogP contribution is 2.37. The number of nitrogens with one attached hydrogen (secondary N) is 1. The first-order chi connectivity index (χ1) is 13.6. The molecule has 2 aromatic rings. The first-order valence-corrected chi connectivity index (χ1v) is 9.63. The Labute approximate surface area is 164 Å². The lowest BCUT2D eigenvalue weighted by Crippen LogP contribution is -2.45. The standard InChI is InChI=1S/C22H24N2O4/c1-15-18-9-5-6-10-19(18)28-21(15)22(26)23-16-11-12-24(13-16)20(25)14-27-17-7-3-2-4-8-17/h2-10,15-16,21H,11-14H2,1H3,(H,23,26)/t15-,16-,21+/m1/s1. The molecular formula is C22H24N2O4. The second kappa shape index (κ2) is 7.92. The molecule has 2 heterocycles. The van der Waals surface area contributed by atoms with Gasteiger partial charge in [-0.2, -0.15) is 0 Å². The lowest BCUT2D eigenvalue weighted by molar-refractivity contribution is -0.133. The predicted octanol–water partition coefficient (Wildman–Crippen LogP) is 2.35. The Morgan fingerprint density at radius 1 is 1.14 bits per heavy atom. The number of amides is 2. The SMILES string of the molecule is C[C@@H]1c2ccccc2O[C@@H]1C(=O)N[C@@H]1CCN(C(=O)COc2ccccc2)C1. The van der Waals surface area contributed by atoms with E-state index in [0.717, 1.165) is 17.7 Å². The third kappa shape index (κ3) is 3.81. The average molecular weight is 380 g/mol. The highest BCUT2D eigenvalue weighted by Gasteiger charge is 2.38. The highest BCUT2D eigenvalue weighted by atomic mass is 16.5. The largest absolute Gasteiger partial charge is 0.484 e. The van der Waals surface area contributed by atoms with Gasteiger partial charge in [0.2, 0.25) is 0 Å². The van der Waals surface area contributed by atoms with E-state index in [4.69, 9.17) is 9.47 Å². The van der Waals surface area contributed by atoms with Crippen molar-refractivity contribution >= 4 is 11.8 Å². The molecule has 0 bridgehead atoms. The zero-order valence-corrected chi connectivity index (χ0v) is 15.8. The van der Waals surface area contributed by atoms with Crippen LogP contribution in [0.1, 0.15) is 24.8 Å². The molecule has 1 saturated heterocycles. The topological polar surface area (TPSA) is 67.9 Å². The lowest BCUT2D eigenvalue weighted by atomic mass is 9.97. The van der Waals surface area contributed by atoms with Gasteiger partial charge < -0.3 is 19.7 Å². The lowest BCUT2D eigenvalue weighted by Gasteiger charge is -2.20. The second-order valence-corrected chi connectivity index (χ2v) is 7.30. The maximum Gasteiger partial charge on any atom is 0.261 e. The first-order valence-electron chi connectivity index (χ1n) is 9.63. The Morgan fingerprint density at radius 2 is 1.89 bits per heavy atom. The Bertz CT molecular complexity index is 855. The van der Waals surface area contributed by atoms with E-state index in [0.29, 0.717) is 18.8 Å². The van der Waals surface area contributed by atoms with Crippen LogP contribution in [-0.4, -0.2) is 48.6 Å². The molecule has 4 rings (SSSR count). The van der Waals surface area contributed by atoms with E-state index in [1.807, 2.05) is 61.5 Å². The fraction of sp³-hybridized carbons (Fsp3) is 0.364. The van der Waals surface area contributed by atoms with Crippen LogP contribution < -0.4 is 14.8 Å². The number of rotatable bonds is 5. The summed E-state index contributed by atoms with van der Waals surface area (Å²) in [7, 11) is 0. The fourth-order valence-electron chi connectivity index (χ4n) is 3.79. The van der Waals surface area contributed by atoms with Gasteiger partial charge in [-0.05, 0) is 24.6 Å². The number of ether oxygens (including phenoxy) is 2. The number of para-hydroxylation sites is 2. The molecule has 146 valence electrons. The van der Waals surface area contributed by atoms with Crippen LogP contribution in [0.2, 0.25) is 0 Å². The van der Waals surface area contributed by atoms with E-state index in [-0.39, 0.29) is 30.4 Å². The molecule has 1 fully saturated rings. The van der Waals surface area contributed by atoms with Gasteiger partial charge in [-0.25, -0.2) is 0 Å². The third-order valence-corrected chi connectivity index (χ3v) is 5.37. The monoisotopic (exact) mass is 380 g/mol. The van der Waals surface area contributed by atoms with Crippen molar-refractivity contribution in [3.05, 3.63) is 60.2 Å². The summed E-state index contributed by atoms with van der Waals surface area (Å²) in [4.78, 5) is 26.8. The van der Waals surface area contributed by atoms with Gasteiger partial charge in [0.15, 0.2) is 12.7 Å². The van der Waals surface area contributed by atoms with Crippen molar-refractivity contribution in [1.82, 2.24) is 10.2 Å². The van der Waals surface area contributed by atoms with Crippen molar-refractivity contribution in [2.45, 2.75) is 31.4 Å². The molecule has 0 unspecified atom stereocenters. The van der Waals surface area contributed by atoms with Crippen LogP contribution in [0.25, 0.3) is 0 Å². The summed E-state index contributed by atoms with van der Waals surface area (Å²) in [5, 5.41) is 3.05. The van der Waals surface area contributed by atoms with E-state index in [9.17, 15) is 9.59 Å². The third-order valence-electron chi connectivity index (χ3n) is 5.37. The molecular weight excluding hydrogens is 356 g/mol. The summed E-state index contributed by atoms with van der Waals surface area (Å²) in [6.07, 6.45) is 0.209. The minimum Gasteiger partial charge on any atom is -0.484 e. The number of hydrogen-bond acceptors (Lipinski definition) is 4. The van der Waals surface area contributed by atoms with Gasteiger partial charge in [-0.15, -0.1) is 0 Å². The molecule has 1 N–H and O–H groups in total. The number of carbonyl (C=O) groups excluding carboxylic acids is 2. The van der Waals surface area contributed by atoms with Gasteiger partial charge in [-0.3, -0.25) is 9.59 Å². The molecule has 2 aromatic carbocycles. The van der Waals surface area contributed by atoms with Crippen molar-refractivity contribution < 1.29 is 19.1 Å². The second-order valence-electron chi connectivity index (χ2n) is 7.30. The van der Waals surface area contributed by atoms with Crippen LogP contribution in [0.5, 0.6) is 11.5 Å². The molecule has 0 saturated carbocycles. The minimum atomic E-state index is -0.524. The van der Waals surface area contributed by atoms with E-state index in [2.05, 4.69) is 5.32 Å². The number of likely N-dealkylation sites (tertiary alicyclic amines) is 1. The zero-order chi connectivity index (χ0) is 19.5. The maximum atomic E-state index is 12.7. The fourth-order valence-corrected chi connectivity index (χ4v) is 3.79. The molecule has 2 amide bonds. The molecule has 0 spiro atoms. The maximum absolute atomic E-state index is 12.7. The van der Waals surface area contributed by atoms with Gasteiger partial charge in [0.25, 0.3) is 11.8 Å². The Kier molecular flexibility index (Phi) is 5.19. The van der Waals surface area contributed by atoms with Gasteiger partial charge in [0, 0.05) is 30.6 Å². The Balaban J connectivity index is 1.27. The van der Waals surface area contributed by atoms with Crippen molar-refractivity contribution in [2.24, 2.45) is 0 Å². The normalized spacial score (nSPS) is 23.0. The summed E-state index contributed by atoms with van der Waals surface area (Å²) in [5.74, 6) is 1.26. The van der Waals surface area contributed by atoms with Gasteiger partial charge in [0.05, 0.1) is 0 Å².